The number of nitrogens with one attached hydrogen (secondary N) is 1. The molecule has 1 aliphatic rings. The fourth-order valence-corrected chi connectivity index (χ4v) is 2.98. The molecule has 0 aromatic heterocycles. The number of rotatable bonds is 7. The first-order chi connectivity index (χ1) is 11.9. The monoisotopic (exact) mass is 327 g/mol. The van der Waals surface area contributed by atoms with Crippen molar-refractivity contribution in [1.82, 2.24) is 5.48 Å². The molecule has 1 atom stereocenters. The Balaban J connectivity index is 1.58. The maximum atomic E-state index is 6.00. The smallest absolute Gasteiger partial charge is 0.161 e. The van der Waals surface area contributed by atoms with Crippen LogP contribution in [0.4, 0.5) is 0 Å². The topological polar surface area (TPSA) is 39.7 Å². The van der Waals surface area contributed by atoms with Gasteiger partial charge in [-0.05, 0) is 42.5 Å². The first kappa shape index (κ1) is 16.8. The Morgan fingerprint density at radius 3 is 2.75 bits per heavy atom. The van der Waals surface area contributed by atoms with Crippen LogP contribution < -0.4 is 15.0 Å². The number of ether oxygens (including phenoxy) is 2. The van der Waals surface area contributed by atoms with Gasteiger partial charge in [-0.1, -0.05) is 36.4 Å². The van der Waals surface area contributed by atoms with Gasteiger partial charge in [0.25, 0.3) is 0 Å². The standard InChI is InChI=1S/C20H25NO3/c1-22-19-10-9-17(18-11-13-24-21-15-18)14-20(19)23-12-5-8-16-6-3-2-4-7-16/h2-4,6-7,9-10,14,18,21H,5,8,11-13,15H2,1H3. The second-order valence-electron chi connectivity index (χ2n) is 6.03. The molecule has 1 N–H and O–H groups in total. The lowest BCUT2D eigenvalue weighted by molar-refractivity contribution is 0.00405. The zero-order valence-electron chi connectivity index (χ0n) is 14.2. The van der Waals surface area contributed by atoms with Crippen LogP contribution in [0.3, 0.4) is 0 Å². The largest absolute Gasteiger partial charge is 0.493 e. The Hall–Kier alpha value is -2.04. The van der Waals surface area contributed by atoms with Crippen molar-refractivity contribution in [1.29, 1.82) is 0 Å². The van der Waals surface area contributed by atoms with E-state index in [9.17, 15) is 0 Å². The zero-order chi connectivity index (χ0) is 16.6. The number of hydroxylamine groups is 1. The molecule has 1 fully saturated rings. The molecule has 1 heterocycles. The van der Waals surface area contributed by atoms with Gasteiger partial charge in [-0.3, -0.25) is 0 Å². The molecule has 0 amide bonds. The third kappa shape index (κ3) is 4.49. The predicted molar refractivity (Wildman–Crippen MR) is 94.6 cm³/mol. The zero-order valence-corrected chi connectivity index (χ0v) is 14.2. The van der Waals surface area contributed by atoms with Gasteiger partial charge in [0.2, 0.25) is 0 Å². The average molecular weight is 327 g/mol. The molecule has 0 saturated carbocycles. The molecule has 0 bridgehead atoms. The van der Waals surface area contributed by atoms with Gasteiger partial charge in [-0.25, -0.2) is 5.48 Å². The van der Waals surface area contributed by atoms with E-state index in [1.807, 2.05) is 12.1 Å². The van der Waals surface area contributed by atoms with Gasteiger partial charge in [0, 0.05) is 12.5 Å². The summed E-state index contributed by atoms with van der Waals surface area (Å²) in [5.74, 6) is 2.07. The first-order valence-corrected chi connectivity index (χ1v) is 8.56. The summed E-state index contributed by atoms with van der Waals surface area (Å²) in [6, 6.07) is 16.7. The minimum Gasteiger partial charge on any atom is -0.493 e. The highest BCUT2D eigenvalue weighted by molar-refractivity contribution is 5.44. The van der Waals surface area contributed by atoms with Crippen LogP contribution in [0.15, 0.2) is 48.5 Å². The maximum absolute atomic E-state index is 6.00. The summed E-state index contributed by atoms with van der Waals surface area (Å²) in [5, 5.41) is 0. The lowest BCUT2D eigenvalue weighted by Gasteiger charge is -2.23. The van der Waals surface area contributed by atoms with Gasteiger partial charge >= 0.3 is 0 Å². The fraction of sp³-hybridized carbons (Fsp3) is 0.400. The van der Waals surface area contributed by atoms with Crippen LogP contribution in [-0.4, -0.2) is 26.9 Å². The minimum atomic E-state index is 0.455. The van der Waals surface area contributed by atoms with E-state index < -0.39 is 0 Å². The van der Waals surface area contributed by atoms with Crippen LogP contribution in [0, 0.1) is 0 Å². The van der Waals surface area contributed by atoms with E-state index in [-0.39, 0.29) is 0 Å². The Bertz CT molecular complexity index is 624. The summed E-state index contributed by atoms with van der Waals surface area (Å²) >= 11 is 0. The highest BCUT2D eigenvalue weighted by Gasteiger charge is 2.17. The van der Waals surface area contributed by atoms with E-state index in [2.05, 4.69) is 41.9 Å². The van der Waals surface area contributed by atoms with Crippen molar-refractivity contribution in [2.24, 2.45) is 0 Å². The number of hydrogen-bond acceptors (Lipinski definition) is 4. The van der Waals surface area contributed by atoms with Gasteiger partial charge in [-0.2, -0.15) is 0 Å². The average Bonchev–Trinajstić information content (AvgIpc) is 2.66. The van der Waals surface area contributed by atoms with Crippen LogP contribution in [-0.2, 0) is 11.3 Å². The summed E-state index contributed by atoms with van der Waals surface area (Å²) in [6.45, 7) is 2.25. The highest BCUT2D eigenvalue weighted by Crippen LogP contribution is 2.32. The van der Waals surface area contributed by atoms with Crippen LogP contribution in [0.1, 0.15) is 29.9 Å². The van der Waals surface area contributed by atoms with Crippen molar-refractivity contribution >= 4 is 0 Å². The molecule has 1 saturated heterocycles. The highest BCUT2D eigenvalue weighted by atomic mass is 16.6. The molecule has 3 rings (SSSR count). The molecule has 2 aromatic carbocycles. The van der Waals surface area contributed by atoms with E-state index in [4.69, 9.17) is 14.3 Å². The summed E-state index contributed by atoms with van der Waals surface area (Å²) in [6.07, 6.45) is 3.02. The predicted octanol–water partition coefficient (Wildman–Crippen LogP) is 3.72. The Labute approximate surface area is 143 Å². The van der Waals surface area contributed by atoms with Crippen molar-refractivity contribution < 1.29 is 14.3 Å². The molecular weight excluding hydrogens is 302 g/mol. The summed E-state index contributed by atoms with van der Waals surface area (Å²) in [7, 11) is 1.68. The maximum Gasteiger partial charge on any atom is 0.161 e. The number of aryl methyl sites for hydroxylation is 1. The van der Waals surface area contributed by atoms with E-state index in [1.54, 1.807) is 7.11 Å². The molecule has 128 valence electrons. The molecule has 4 heteroatoms. The molecule has 24 heavy (non-hydrogen) atoms. The third-order valence-electron chi connectivity index (χ3n) is 4.37. The second kappa shape index (κ2) is 8.71. The van der Waals surface area contributed by atoms with Crippen LogP contribution in [0.25, 0.3) is 0 Å². The van der Waals surface area contributed by atoms with Gasteiger partial charge in [0.1, 0.15) is 0 Å². The quantitative estimate of drug-likeness (QED) is 0.787. The van der Waals surface area contributed by atoms with Gasteiger partial charge in [0.05, 0.1) is 20.3 Å². The minimum absolute atomic E-state index is 0.455. The van der Waals surface area contributed by atoms with Crippen molar-refractivity contribution in [2.75, 3.05) is 26.9 Å². The second-order valence-corrected chi connectivity index (χ2v) is 6.03. The number of methoxy groups -OCH3 is 1. The summed E-state index contributed by atoms with van der Waals surface area (Å²) in [4.78, 5) is 5.21. The molecule has 0 spiro atoms. The molecule has 0 aliphatic carbocycles. The molecule has 1 aliphatic heterocycles. The Morgan fingerprint density at radius 2 is 2.00 bits per heavy atom. The summed E-state index contributed by atoms with van der Waals surface area (Å²) in [5.41, 5.74) is 5.59. The van der Waals surface area contributed by atoms with E-state index in [0.717, 1.165) is 43.9 Å². The number of hydrogen-bond donors (Lipinski definition) is 1. The summed E-state index contributed by atoms with van der Waals surface area (Å²) < 4.78 is 11.4. The lowest BCUT2D eigenvalue weighted by Crippen LogP contribution is -2.29. The Kier molecular flexibility index (Phi) is 6.10. The first-order valence-electron chi connectivity index (χ1n) is 8.56. The van der Waals surface area contributed by atoms with Crippen molar-refractivity contribution in [3.63, 3.8) is 0 Å². The van der Waals surface area contributed by atoms with Gasteiger partial charge in [-0.15, -0.1) is 0 Å². The Morgan fingerprint density at radius 1 is 1.12 bits per heavy atom. The lowest BCUT2D eigenvalue weighted by atomic mass is 9.95. The fourth-order valence-electron chi connectivity index (χ4n) is 2.98. The van der Waals surface area contributed by atoms with Gasteiger partial charge in [0.15, 0.2) is 11.5 Å². The normalized spacial score (nSPS) is 17.5. The molecule has 2 aromatic rings. The van der Waals surface area contributed by atoms with Crippen molar-refractivity contribution in [3.8, 4) is 11.5 Å². The van der Waals surface area contributed by atoms with Gasteiger partial charge < -0.3 is 14.3 Å². The van der Waals surface area contributed by atoms with Crippen LogP contribution >= 0.6 is 0 Å². The van der Waals surface area contributed by atoms with Crippen molar-refractivity contribution in [3.05, 3.63) is 59.7 Å². The van der Waals surface area contributed by atoms with E-state index in [1.165, 1.54) is 11.1 Å². The van der Waals surface area contributed by atoms with Crippen molar-refractivity contribution in [2.45, 2.75) is 25.2 Å². The number of benzene rings is 2. The van der Waals surface area contributed by atoms with E-state index >= 15 is 0 Å². The molecule has 4 nitrogen and oxygen atoms in total. The molecule has 0 radical (unpaired) electrons. The van der Waals surface area contributed by atoms with E-state index in [0.29, 0.717) is 12.5 Å². The third-order valence-corrected chi connectivity index (χ3v) is 4.37. The van der Waals surface area contributed by atoms with Crippen LogP contribution in [0.2, 0.25) is 0 Å². The molecular formula is C20H25NO3. The molecule has 1 unspecified atom stereocenters. The SMILES string of the molecule is COc1ccc(C2CCONC2)cc1OCCCc1ccccc1. The van der Waals surface area contributed by atoms with Crippen LogP contribution in [0.5, 0.6) is 11.5 Å².